The molecule has 6 heteroatoms. The number of allylic oxidation sites excluding steroid dienone is 2. The molecule has 1 aromatic rings. The third kappa shape index (κ3) is 3.53. The molecule has 0 saturated heterocycles. The number of hydrogen-bond donors (Lipinski definition) is 1. The molecule has 1 amide bonds. The number of amides is 1. The van der Waals surface area contributed by atoms with Crippen molar-refractivity contribution in [3.8, 4) is 0 Å². The molecule has 3 rings (SSSR count). The zero-order valence-corrected chi connectivity index (χ0v) is 13.6. The molecule has 126 valence electrons. The number of nitro groups is 1. The molecule has 0 radical (unpaired) electrons. The average Bonchev–Trinajstić information content (AvgIpc) is 3.23. The maximum atomic E-state index is 12.4. The van der Waals surface area contributed by atoms with Crippen LogP contribution in [0.5, 0.6) is 0 Å². The average molecular weight is 327 g/mol. The van der Waals surface area contributed by atoms with Crippen LogP contribution in [0.15, 0.2) is 41.5 Å². The van der Waals surface area contributed by atoms with Gasteiger partial charge in [0.05, 0.1) is 10.6 Å². The van der Waals surface area contributed by atoms with Crippen LogP contribution in [-0.4, -0.2) is 16.5 Å². The molecule has 0 spiro atoms. The molecule has 24 heavy (non-hydrogen) atoms. The Kier molecular flexibility index (Phi) is 4.74. The monoisotopic (exact) mass is 327 g/mol. The van der Waals surface area contributed by atoms with Crippen LogP contribution in [-0.2, 0) is 4.79 Å². The molecular weight excluding hydrogens is 306 g/mol. The number of carbonyl (C=O) groups excluding carboxylic acids is 1. The second-order valence-electron chi connectivity index (χ2n) is 6.46. The lowest BCUT2D eigenvalue weighted by Gasteiger charge is -2.03. The summed E-state index contributed by atoms with van der Waals surface area (Å²) in [6.07, 6.45) is 8.61. The molecule has 0 bridgehead atoms. The highest BCUT2D eigenvalue weighted by Gasteiger charge is 2.53. The minimum Gasteiger partial charge on any atom is -0.273 e. The van der Waals surface area contributed by atoms with Gasteiger partial charge in [-0.3, -0.25) is 14.9 Å². The van der Waals surface area contributed by atoms with Crippen LogP contribution in [0, 0.1) is 27.9 Å². The van der Waals surface area contributed by atoms with Gasteiger partial charge in [0.2, 0.25) is 5.91 Å². The summed E-state index contributed by atoms with van der Waals surface area (Å²) in [5.74, 6) is 0.981. The number of nitro benzene ring substituents is 1. The van der Waals surface area contributed by atoms with E-state index in [1.54, 1.807) is 19.1 Å². The number of nitrogens with zero attached hydrogens (tertiary/aromatic N) is 2. The van der Waals surface area contributed by atoms with Gasteiger partial charge in [0.25, 0.3) is 5.69 Å². The number of hydrogen-bond acceptors (Lipinski definition) is 4. The first-order valence-electron chi connectivity index (χ1n) is 8.32. The highest BCUT2D eigenvalue weighted by atomic mass is 16.6. The predicted molar refractivity (Wildman–Crippen MR) is 91.5 cm³/mol. The Morgan fingerprint density at radius 2 is 1.92 bits per heavy atom. The van der Waals surface area contributed by atoms with Gasteiger partial charge in [0, 0.05) is 23.6 Å². The van der Waals surface area contributed by atoms with Crippen LogP contribution >= 0.6 is 0 Å². The zero-order valence-electron chi connectivity index (χ0n) is 13.6. The highest BCUT2D eigenvalue weighted by Crippen LogP contribution is 2.52. The Morgan fingerprint density at radius 3 is 2.54 bits per heavy atom. The summed E-state index contributed by atoms with van der Waals surface area (Å²) in [6.45, 7) is 1.74. The van der Waals surface area contributed by atoms with Gasteiger partial charge < -0.3 is 0 Å². The Balaban J connectivity index is 1.62. The van der Waals surface area contributed by atoms with Gasteiger partial charge in [-0.15, -0.1) is 0 Å². The smallest absolute Gasteiger partial charge is 0.270 e. The van der Waals surface area contributed by atoms with Gasteiger partial charge in [0.1, 0.15) is 0 Å². The van der Waals surface area contributed by atoms with Crippen molar-refractivity contribution >= 4 is 17.3 Å². The van der Waals surface area contributed by atoms with Gasteiger partial charge >= 0.3 is 0 Å². The first-order valence-corrected chi connectivity index (χ1v) is 8.32. The predicted octanol–water partition coefficient (Wildman–Crippen LogP) is 3.43. The van der Waals surface area contributed by atoms with E-state index in [1.807, 2.05) is 0 Å². The van der Waals surface area contributed by atoms with Crippen molar-refractivity contribution in [3.63, 3.8) is 0 Å². The molecule has 0 aromatic heterocycles. The van der Waals surface area contributed by atoms with E-state index in [4.69, 9.17) is 0 Å². The Morgan fingerprint density at radius 1 is 1.25 bits per heavy atom. The number of nitrogens with one attached hydrogen (secondary N) is 1. The maximum Gasteiger partial charge on any atom is 0.270 e. The van der Waals surface area contributed by atoms with Gasteiger partial charge in [-0.05, 0) is 44.4 Å². The maximum absolute atomic E-state index is 12.4. The molecule has 1 fully saturated rings. The number of non-ortho nitro benzene ring substituents is 1. The van der Waals surface area contributed by atoms with Gasteiger partial charge in [-0.25, -0.2) is 5.43 Å². The first-order chi connectivity index (χ1) is 11.6. The Bertz CT molecular complexity index is 695. The Hall–Kier alpha value is -2.50. The molecular formula is C18H21N3O3. The summed E-state index contributed by atoms with van der Waals surface area (Å²) in [4.78, 5) is 22.8. The van der Waals surface area contributed by atoms with Crippen LogP contribution in [0.3, 0.4) is 0 Å². The van der Waals surface area contributed by atoms with E-state index in [-0.39, 0.29) is 17.5 Å². The first kappa shape index (κ1) is 16.4. The summed E-state index contributed by atoms with van der Waals surface area (Å²) >= 11 is 0. The summed E-state index contributed by atoms with van der Waals surface area (Å²) in [5.41, 5.74) is 3.86. The number of carbonyl (C=O) groups is 1. The van der Waals surface area contributed by atoms with Crippen molar-refractivity contribution in [2.24, 2.45) is 22.9 Å². The van der Waals surface area contributed by atoms with E-state index in [0.29, 0.717) is 23.1 Å². The molecule has 0 aliphatic heterocycles. The number of benzene rings is 1. The topological polar surface area (TPSA) is 84.6 Å². The summed E-state index contributed by atoms with van der Waals surface area (Å²) in [6, 6.07) is 6.25. The van der Waals surface area contributed by atoms with Crippen molar-refractivity contribution in [1.82, 2.24) is 5.43 Å². The van der Waals surface area contributed by atoms with Crippen molar-refractivity contribution in [2.45, 2.75) is 32.6 Å². The molecule has 1 N–H and O–H groups in total. The van der Waals surface area contributed by atoms with Crippen LogP contribution in [0.1, 0.15) is 38.2 Å². The van der Waals surface area contributed by atoms with Crippen molar-refractivity contribution < 1.29 is 9.72 Å². The van der Waals surface area contributed by atoms with Crippen LogP contribution in [0.25, 0.3) is 0 Å². The lowest BCUT2D eigenvalue weighted by molar-refractivity contribution is -0.384. The third-order valence-corrected chi connectivity index (χ3v) is 4.94. The van der Waals surface area contributed by atoms with E-state index in [2.05, 4.69) is 22.7 Å². The number of fused-ring (bicyclic) bond motifs is 1. The molecule has 2 aliphatic rings. The molecule has 2 aliphatic carbocycles. The molecule has 1 saturated carbocycles. The normalized spacial score (nSPS) is 27.4. The fourth-order valence-electron chi connectivity index (χ4n) is 3.56. The Labute approximate surface area is 140 Å². The van der Waals surface area contributed by atoms with E-state index in [0.717, 1.165) is 25.7 Å². The third-order valence-electron chi connectivity index (χ3n) is 4.94. The van der Waals surface area contributed by atoms with Crippen LogP contribution in [0.2, 0.25) is 0 Å². The van der Waals surface area contributed by atoms with E-state index >= 15 is 0 Å². The van der Waals surface area contributed by atoms with Gasteiger partial charge in [0.15, 0.2) is 0 Å². The quantitative estimate of drug-likeness (QED) is 0.398. The summed E-state index contributed by atoms with van der Waals surface area (Å²) in [7, 11) is 0. The second kappa shape index (κ2) is 6.95. The van der Waals surface area contributed by atoms with Crippen LogP contribution in [0.4, 0.5) is 5.69 Å². The molecule has 1 aromatic carbocycles. The zero-order chi connectivity index (χ0) is 17.1. The number of rotatable bonds is 4. The van der Waals surface area contributed by atoms with Crippen molar-refractivity contribution in [1.29, 1.82) is 0 Å². The molecule has 0 heterocycles. The lowest BCUT2D eigenvalue weighted by atomic mass is 10.1. The summed E-state index contributed by atoms with van der Waals surface area (Å²) < 4.78 is 0. The lowest BCUT2D eigenvalue weighted by Crippen LogP contribution is -2.22. The molecule has 6 nitrogen and oxygen atoms in total. The minimum atomic E-state index is -0.440. The van der Waals surface area contributed by atoms with Gasteiger partial charge in [-0.1, -0.05) is 24.3 Å². The minimum absolute atomic E-state index is 0.0154. The largest absolute Gasteiger partial charge is 0.273 e. The van der Waals surface area contributed by atoms with Crippen molar-refractivity contribution in [3.05, 3.63) is 52.1 Å². The summed E-state index contributed by atoms with van der Waals surface area (Å²) in [5, 5.41) is 15.0. The number of hydrazone groups is 1. The molecule has 2 unspecified atom stereocenters. The molecule has 2 atom stereocenters. The fourth-order valence-corrected chi connectivity index (χ4v) is 3.56. The standard InChI is InChI=1S/C18H21N3O3/c1-12(13-7-6-8-14(11-13)21(23)24)19-20-18(22)17-15-9-4-2-3-5-10-16(15)17/h2-3,6-8,11,15-17H,4-5,9-10H2,1H3,(H,20,22)/b3-2-,19-12-. The van der Waals surface area contributed by atoms with Crippen molar-refractivity contribution in [2.75, 3.05) is 0 Å². The fraction of sp³-hybridized carbons (Fsp3) is 0.444. The second-order valence-corrected chi connectivity index (χ2v) is 6.46. The van der Waals surface area contributed by atoms with Crippen LogP contribution < -0.4 is 5.43 Å². The van der Waals surface area contributed by atoms with Gasteiger partial charge in [-0.2, -0.15) is 5.10 Å². The van der Waals surface area contributed by atoms with E-state index in [9.17, 15) is 14.9 Å². The SMILES string of the molecule is C/C(=N/NC(=O)C1C2CC/C=C\CCC21)c1cccc([N+](=O)[O-])c1. The van der Waals surface area contributed by atoms with E-state index < -0.39 is 4.92 Å². The highest BCUT2D eigenvalue weighted by molar-refractivity contribution is 5.99. The van der Waals surface area contributed by atoms with E-state index in [1.165, 1.54) is 12.1 Å².